The monoisotopic (exact) mass is 179 g/mol. The van der Waals surface area contributed by atoms with Gasteiger partial charge in [-0.1, -0.05) is 6.08 Å². The normalized spacial score (nSPS) is 12.8. The maximum Gasteiger partial charge on any atom is 0.105 e. The third kappa shape index (κ3) is 2.46. The van der Waals surface area contributed by atoms with Gasteiger partial charge in [-0.25, -0.2) is 0 Å². The van der Waals surface area contributed by atoms with Crippen molar-refractivity contribution in [2.75, 3.05) is 0 Å². The van der Waals surface area contributed by atoms with E-state index >= 15 is 0 Å². The van der Waals surface area contributed by atoms with E-state index in [1.807, 2.05) is 26.0 Å². The largest absolute Gasteiger partial charge is 0.466 e. The molecule has 0 aliphatic rings. The standard InChI is InChI=1S/C11H17NO/c1-4-5-6-11(12)10-7-8(2)13-9(10)3/h4,7,11H,1,5-6,12H2,2-3H3. The molecular formula is C11H17NO. The van der Waals surface area contributed by atoms with E-state index in [9.17, 15) is 0 Å². The van der Waals surface area contributed by atoms with Crippen LogP contribution in [0.15, 0.2) is 23.1 Å². The Kier molecular flexibility index (Phi) is 3.32. The minimum atomic E-state index is 0.0791. The average molecular weight is 179 g/mol. The van der Waals surface area contributed by atoms with Gasteiger partial charge in [0.1, 0.15) is 11.5 Å². The van der Waals surface area contributed by atoms with Gasteiger partial charge in [-0.3, -0.25) is 0 Å². The minimum Gasteiger partial charge on any atom is -0.466 e. The molecule has 0 aliphatic carbocycles. The van der Waals surface area contributed by atoms with E-state index in [-0.39, 0.29) is 6.04 Å². The number of hydrogen-bond acceptors (Lipinski definition) is 2. The van der Waals surface area contributed by atoms with Crippen LogP contribution in [0.5, 0.6) is 0 Å². The molecule has 1 aromatic heterocycles. The molecule has 1 heterocycles. The number of furan rings is 1. The first-order chi connectivity index (χ1) is 6.15. The van der Waals surface area contributed by atoms with E-state index in [1.165, 1.54) is 0 Å². The quantitative estimate of drug-likeness (QED) is 0.722. The van der Waals surface area contributed by atoms with Crippen LogP contribution in [-0.4, -0.2) is 0 Å². The highest BCUT2D eigenvalue weighted by Gasteiger charge is 2.11. The van der Waals surface area contributed by atoms with Gasteiger partial charge in [0.05, 0.1) is 0 Å². The summed E-state index contributed by atoms with van der Waals surface area (Å²) in [5, 5.41) is 0. The molecule has 1 rings (SSSR count). The lowest BCUT2D eigenvalue weighted by Crippen LogP contribution is -2.09. The van der Waals surface area contributed by atoms with E-state index in [1.54, 1.807) is 0 Å². The molecule has 1 unspecified atom stereocenters. The summed E-state index contributed by atoms with van der Waals surface area (Å²) >= 11 is 0. The fourth-order valence-corrected chi connectivity index (χ4v) is 1.47. The maximum atomic E-state index is 5.99. The minimum absolute atomic E-state index is 0.0791. The zero-order valence-electron chi connectivity index (χ0n) is 8.34. The Morgan fingerprint density at radius 2 is 2.31 bits per heavy atom. The van der Waals surface area contributed by atoms with Crippen molar-refractivity contribution in [2.45, 2.75) is 32.7 Å². The third-order valence-electron chi connectivity index (χ3n) is 2.16. The molecule has 0 amide bonds. The van der Waals surface area contributed by atoms with Gasteiger partial charge in [0.2, 0.25) is 0 Å². The molecule has 2 nitrogen and oxygen atoms in total. The van der Waals surface area contributed by atoms with Crippen LogP contribution in [0.1, 0.15) is 36.0 Å². The summed E-state index contributed by atoms with van der Waals surface area (Å²) < 4.78 is 5.41. The van der Waals surface area contributed by atoms with Gasteiger partial charge in [-0.05, 0) is 32.8 Å². The summed E-state index contributed by atoms with van der Waals surface area (Å²) in [7, 11) is 0. The fourth-order valence-electron chi connectivity index (χ4n) is 1.47. The van der Waals surface area contributed by atoms with E-state index in [0.717, 1.165) is 29.9 Å². The Morgan fingerprint density at radius 1 is 1.62 bits per heavy atom. The van der Waals surface area contributed by atoms with E-state index in [0.29, 0.717) is 0 Å². The van der Waals surface area contributed by atoms with Crippen molar-refractivity contribution < 1.29 is 4.42 Å². The molecule has 0 saturated heterocycles. The van der Waals surface area contributed by atoms with Gasteiger partial charge in [0, 0.05) is 11.6 Å². The van der Waals surface area contributed by atoms with Gasteiger partial charge in [0.15, 0.2) is 0 Å². The Labute approximate surface area is 79.4 Å². The molecule has 2 N–H and O–H groups in total. The van der Waals surface area contributed by atoms with Crippen molar-refractivity contribution >= 4 is 0 Å². The summed E-state index contributed by atoms with van der Waals surface area (Å²) in [4.78, 5) is 0. The SMILES string of the molecule is C=CCCC(N)c1cc(C)oc1C. The van der Waals surface area contributed by atoms with Crippen LogP contribution in [0.2, 0.25) is 0 Å². The lowest BCUT2D eigenvalue weighted by Gasteiger charge is -2.08. The van der Waals surface area contributed by atoms with Crippen LogP contribution in [0.25, 0.3) is 0 Å². The van der Waals surface area contributed by atoms with Crippen molar-refractivity contribution in [2.24, 2.45) is 5.73 Å². The average Bonchev–Trinajstić information content (AvgIpc) is 2.41. The first kappa shape index (κ1) is 10.1. The number of allylic oxidation sites excluding steroid dienone is 1. The van der Waals surface area contributed by atoms with E-state index < -0.39 is 0 Å². The van der Waals surface area contributed by atoms with Gasteiger partial charge in [-0.2, -0.15) is 0 Å². The predicted octanol–water partition coefficient (Wildman–Crippen LogP) is 2.86. The lowest BCUT2D eigenvalue weighted by molar-refractivity contribution is 0.495. The first-order valence-corrected chi connectivity index (χ1v) is 4.58. The number of rotatable bonds is 4. The summed E-state index contributed by atoms with van der Waals surface area (Å²) in [6.07, 6.45) is 3.77. The van der Waals surface area contributed by atoms with Crippen molar-refractivity contribution in [3.63, 3.8) is 0 Å². The second-order valence-corrected chi connectivity index (χ2v) is 3.34. The highest BCUT2D eigenvalue weighted by molar-refractivity contribution is 5.23. The molecular weight excluding hydrogens is 162 g/mol. The van der Waals surface area contributed by atoms with Crippen molar-refractivity contribution in [1.82, 2.24) is 0 Å². The van der Waals surface area contributed by atoms with Gasteiger partial charge < -0.3 is 10.2 Å². The molecule has 1 atom stereocenters. The van der Waals surface area contributed by atoms with Crippen LogP contribution < -0.4 is 5.73 Å². The number of hydrogen-bond donors (Lipinski definition) is 1. The lowest BCUT2D eigenvalue weighted by atomic mass is 10.0. The summed E-state index contributed by atoms with van der Waals surface area (Å²) in [5.74, 6) is 1.87. The van der Waals surface area contributed by atoms with Crippen LogP contribution in [0, 0.1) is 13.8 Å². The molecule has 2 heteroatoms. The highest BCUT2D eigenvalue weighted by atomic mass is 16.3. The third-order valence-corrected chi connectivity index (χ3v) is 2.16. The Bertz CT molecular complexity index is 288. The molecule has 0 spiro atoms. The number of aryl methyl sites for hydroxylation is 2. The van der Waals surface area contributed by atoms with Crippen LogP contribution in [-0.2, 0) is 0 Å². The molecule has 0 radical (unpaired) electrons. The van der Waals surface area contributed by atoms with Crippen molar-refractivity contribution in [3.8, 4) is 0 Å². The van der Waals surface area contributed by atoms with Crippen molar-refractivity contribution in [1.29, 1.82) is 0 Å². The predicted molar refractivity (Wildman–Crippen MR) is 54.5 cm³/mol. The Hall–Kier alpha value is -1.02. The fraction of sp³-hybridized carbons (Fsp3) is 0.455. The Morgan fingerprint density at radius 3 is 2.77 bits per heavy atom. The van der Waals surface area contributed by atoms with Crippen LogP contribution >= 0.6 is 0 Å². The van der Waals surface area contributed by atoms with Crippen LogP contribution in [0.3, 0.4) is 0 Å². The van der Waals surface area contributed by atoms with E-state index in [2.05, 4.69) is 6.58 Å². The van der Waals surface area contributed by atoms with E-state index in [4.69, 9.17) is 10.2 Å². The number of nitrogens with two attached hydrogens (primary N) is 1. The molecule has 0 saturated carbocycles. The van der Waals surface area contributed by atoms with Gasteiger partial charge in [0.25, 0.3) is 0 Å². The second-order valence-electron chi connectivity index (χ2n) is 3.34. The molecule has 0 bridgehead atoms. The summed E-state index contributed by atoms with van der Waals surface area (Å²) in [5.41, 5.74) is 7.11. The second kappa shape index (κ2) is 4.28. The summed E-state index contributed by atoms with van der Waals surface area (Å²) in [6.45, 7) is 7.57. The molecule has 72 valence electrons. The molecule has 13 heavy (non-hydrogen) atoms. The smallest absolute Gasteiger partial charge is 0.105 e. The zero-order valence-corrected chi connectivity index (χ0v) is 8.34. The van der Waals surface area contributed by atoms with Crippen LogP contribution in [0.4, 0.5) is 0 Å². The zero-order chi connectivity index (χ0) is 9.84. The topological polar surface area (TPSA) is 39.2 Å². The molecule has 1 aromatic rings. The summed E-state index contributed by atoms with van der Waals surface area (Å²) in [6, 6.07) is 2.10. The van der Waals surface area contributed by atoms with Crippen molar-refractivity contribution in [3.05, 3.63) is 35.8 Å². The molecule has 0 aromatic carbocycles. The highest BCUT2D eigenvalue weighted by Crippen LogP contribution is 2.22. The van der Waals surface area contributed by atoms with Gasteiger partial charge >= 0.3 is 0 Å². The Balaban J connectivity index is 2.69. The van der Waals surface area contributed by atoms with Gasteiger partial charge in [-0.15, -0.1) is 6.58 Å². The molecule has 0 fully saturated rings. The first-order valence-electron chi connectivity index (χ1n) is 4.58. The molecule has 0 aliphatic heterocycles. The maximum absolute atomic E-state index is 5.99.